The van der Waals surface area contributed by atoms with Gasteiger partial charge in [0.1, 0.15) is 23.4 Å². The van der Waals surface area contributed by atoms with E-state index in [4.69, 9.17) is 9.72 Å². The smallest absolute Gasteiger partial charge is 0.355 e. The van der Waals surface area contributed by atoms with Gasteiger partial charge in [0, 0.05) is 56.8 Å². The van der Waals surface area contributed by atoms with E-state index in [-0.39, 0.29) is 47.4 Å². The Kier molecular flexibility index (Phi) is 13.4. The number of rotatable bonds is 13. The fourth-order valence-corrected chi connectivity index (χ4v) is 12.2. The van der Waals surface area contributed by atoms with Crippen molar-refractivity contribution in [3.05, 3.63) is 130 Å². The average Bonchev–Trinajstić information content (AvgIpc) is 3.92. The molecule has 5 aliphatic rings. The molecule has 0 spiro atoms. The summed E-state index contributed by atoms with van der Waals surface area (Å²) in [7, 11) is 0. The van der Waals surface area contributed by atoms with E-state index in [0.717, 1.165) is 107 Å². The minimum atomic E-state index is -1.13. The lowest BCUT2D eigenvalue weighted by molar-refractivity contribution is -0.136. The standard InChI is InChI=1S/C56H55FN8O8S/c1-32-36(37-18-20-48(59-50(37)55(71)72)64-24-22-34-8-4-10-38(41(34)31-64)51(67)61-56-58-43-11-2-3-13-47(43)74-56)9-5-12-46(32)73-35-16-14-33(15-17-35)7-6-23-62-25-27-63(28-26-62)45-30-40-39(29-42(45)57)53(69)65(54(40)70)44-19-21-49(66)60-52(44)68/h2-5,8-13,18,20,29-30,33,35,44H,6-7,14-17,19,21-28,31H2,1H3,(H,71,72)(H,58,61,67)(H,60,66,68)/t33-,35-,44?. The number of ether oxygens (including phenoxy) is 1. The molecule has 18 heteroatoms. The number of carboxylic acid groups (broad SMARTS) is 1. The molecule has 6 aromatic rings. The van der Waals surface area contributed by atoms with Crippen LogP contribution in [0.3, 0.4) is 0 Å². The van der Waals surface area contributed by atoms with Crippen LogP contribution in [0.25, 0.3) is 21.3 Å². The van der Waals surface area contributed by atoms with Gasteiger partial charge in [-0.2, -0.15) is 0 Å². The third kappa shape index (κ3) is 9.59. The first-order valence-electron chi connectivity index (χ1n) is 25.4. The molecule has 1 aliphatic carbocycles. The minimum Gasteiger partial charge on any atom is -0.490 e. The number of hydrogen-bond acceptors (Lipinski definition) is 13. The zero-order valence-electron chi connectivity index (χ0n) is 40.9. The maximum absolute atomic E-state index is 15.5. The first-order chi connectivity index (χ1) is 35.9. The van der Waals surface area contributed by atoms with Gasteiger partial charge < -0.3 is 19.6 Å². The fourth-order valence-electron chi connectivity index (χ4n) is 11.4. The van der Waals surface area contributed by atoms with Gasteiger partial charge in [0.05, 0.1) is 33.1 Å². The molecule has 3 fully saturated rings. The van der Waals surface area contributed by atoms with Crippen LogP contribution >= 0.6 is 11.3 Å². The van der Waals surface area contributed by atoms with Crippen molar-refractivity contribution < 1.29 is 43.0 Å². The van der Waals surface area contributed by atoms with Crippen LogP contribution < -0.4 is 25.2 Å². The number of carbonyl (C=O) groups excluding carboxylic acids is 5. The molecule has 0 radical (unpaired) electrons. The Morgan fingerprint density at radius 3 is 2.35 bits per heavy atom. The fraction of sp³-hybridized carbons (Fsp3) is 0.357. The SMILES string of the molecule is Cc1c(O[C@H]2CC[C@H](CCCN3CCN(c4cc5c(cc4F)C(=O)N(C4CCC(=O)NC4=O)C5=O)CC3)CC2)cccc1-c1ccc(N2CCc3cccc(C(=O)Nc4nc5ccccc5s4)c3C2)nc1C(=O)O. The molecule has 1 saturated carbocycles. The molecular weight excluding hydrogens is 964 g/mol. The second-order valence-electron chi connectivity index (χ2n) is 19.9. The maximum atomic E-state index is 15.5. The summed E-state index contributed by atoms with van der Waals surface area (Å²) < 4.78 is 23.1. The van der Waals surface area contributed by atoms with Crippen LogP contribution in [0.1, 0.15) is 110 Å². The highest BCUT2D eigenvalue weighted by Gasteiger charge is 2.45. The molecular formula is C56H55FN8O8S. The number of para-hydroxylation sites is 1. The van der Waals surface area contributed by atoms with Gasteiger partial charge in [-0.3, -0.25) is 44.4 Å². The molecule has 16 nitrogen and oxygen atoms in total. The normalized spacial score (nSPS) is 20.1. The van der Waals surface area contributed by atoms with Gasteiger partial charge in [0.25, 0.3) is 17.7 Å². The Hall–Kier alpha value is -7.57. The number of pyridine rings is 1. The summed E-state index contributed by atoms with van der Waals surface area (Å²) in [5.41, 5.74) is 5.62. The van der Waals surface area contributed by atoms with Gasteiger partial charge in [0.2, 0.25) is 11.8 Å². The van der Waals surface area contributed by atoms with E-state index in [0.29, 0.717) is 60.6 Å². The van der Waals surface area contributed by atoms with Crippen LogP contribution in [0, 0.1) is 18.7 Å². The van der Waals surface area contributed by atoms with E-state index in [1.54, 1.807) is 0 Å². The van der Waals surface area contributed by atoms with Crippen LogP contribution in [-0.4, -0.2) is 112 Å². The zero-order valence-corrected chi connectivity index (χ0v) is 41.7. The summed E-state index contributed by atoms with van der Waals surface area (Å²) >= 11 is 1.42. The van der Waals surface area contributed by atoms with Gasteiger partial charge in [-0.05, 0) is 142 Å². The number of benzene rings is 4. The number of thiazole rings is 1. The Bertz CT molecular complexity index is 3220. The summed E-state index contributed by atoms with van der Waals surface area (Å²) in [6.45, 7) is 6.45. The number of aromatic carboxylic acids is 1. The lowest BCUT2D eigenvalue weighted by Gasteiger charge is -2.36. The number of anilines is 3. The summed E-state index contributed by atoms with van der Waals surface area (Å²) in [5.74, 6) is -2.69. The van der Waals surface area contributed by atoms with E-state index in [9.17, 15) is 33.9 Å². The monoisotopic (exact) mass is 1020 g/mol. The second-order valence-corrected chi connectivity index (χ2v) is 20.9. The lowest BCUT2D eigenvalue weighted by Crippen LogP contribution is -2.54. The molecule has 6 heterocycles. The van der Waals surface area contributed by atoms with Crippen LogP contribution in [0.15, 0.2) is 84.9 Å². The third-order valence-electron chi connectivity index (χ3n) is 15.4. The number of hydrogen-bond donors (Lipinski definition) is 3. The van der Waals surface area contributed by atoms with Crippen molar-refractivity contribution in [3.63, 3.8) is 0 Å². The molecule has 3 N–H and O–H groups in total. The molecule has 380 valence electrons. The lowest BCUT2D eigenvalue weighted by atomic mass is 9.84. The first kappa shape index (κ1) is 48.7. The van der Waals surface area contributed by atoms with Crippen molar-refractivity contribution in [2.75, 3.05) is 54.4 Å². The molecule has 1 atom stereocenters. The van der Waals surface area contributed by atoms with E-state index in [1.807, 2.05) is 89.5 Å². The second kappa shape index (κ2) is 20.4. The Labute approximate surface area is 430 Å². The molecule has 4 aromatic carbocycles. The van der Waals surface area contributed by atoms with Gasteiger partial charge in [-0.15, -0.1) is 0 Å². The minimum absolute atomic E-state index is 0.0100. The number of carboxylic acids is 1. The number of nitrogens with zero attached hydrogens (tertiary/aromatic N) is 6. The number of amides is 5. The largest absolute Gasteiger partial charge is 0.490 e. The number of aromatic nitrogens is 2. The predicted octanol–water partition coefficient (Wildman–Crippen LogP) is 8.26. The molecule has 11 rings (SSSR count). The first-order valence-corrected chi connectivity index (χ1v) is 26.2. The van der Waals surface area contributed by atoms with Crippen molar-refractivity contribution in [1.82, 2.24) is 25.1 Å². The molecule has 74 heavy (non-hydrogen) atoms. The summed E-state index contributed by atoms with van der Waals surface area (Å²) in [5, 5.41) is 16.2. The van der Waals surface area contributed by atoms with Crippen LogP contribution in [0.4, 0.5) is 21.0 Å². The summed E-state index contributed by atoms with van der Waals surface area (Å²) in [6, 6.07) is 24.3. The molecule has 2 aromatic heterocycles. The average molecular weight is 1020 g/mol. The van der Waals surface area contributed by atoms with E-state index in [2.05, 4.69) is 20.5 Å². The number of halogens is 1. The molecule has 2 saturated heterocycles. The van der Waals surface area contributed by atoms with Crippen LogP contribution in [0.5, 0.6) is 5.75 Å². The van der Waals surface area contributed by atoms with Crippen molar-refractivity contribution in [2.24, 2.45) is 5.92 Å². The maximum Gasteiger partial charge on any atom is 0.355 e. The Morgan fingerprint density at radius 1 is 0.811 bits per heavy atom. The van der Waals surface area contributed by atoms with Crippen molar-refractivity contribution in [1.29, 1.82) is 0 Å². The number of imide groups is 2. The highest BCUT2D eigenvalue weighted by atomic mass is 32.1. The number of carbonyl (C=O) groups is 6. The van der Waals surface area contributed by atoms with Crippen molar-refractivity contribution in [2.45, 2.75) is 83.4 Å². The Morgan fingerprint density at radius 2 is 1.58 bits per heavy atom. The zero-order chi connectivity index (χ0) is 51.2. The molecule has 0 bridgehead atoms. The van der Waals surface area contributed by atoms with E-state index in [1.165, 1.54) is 17.4 Å². The highest BCUT2D eigenvalue weighted by Crippen LogP contribution is 2.38. The Balaban J connectivity index is 0.662. The van der Waals surface area contributed by atoms with Gasteiger partial charge in [-0.1, -0.05) is 47.7 Å². The predicted molar refractivity (Wildman–Crippen MR) is 277 cm³/mol. The van der Waals surface area contributed by atoms with Crippen LogP contribution in [0.2, 0.25) is 0 Å². The number of piperidine rings is 1. The van der Waals surface area contributed by atoms with Gasteiger partial charge >= 0.3 is 5.97 Å². The molecule has 4 aliphatic heterocycles. The van der Waals surface area contributed by atoms with Crippen LogP contribution in [-0.2, 0) is 22.6 Å². The van der Waals surface area contributed by atoms with E-state index < -0.39 is 41.5 Å². The quantitative estimate of drug-likeness (QED) is 0.0937. The number of nitrogens with one attached hydrogen (secondary N) is 2. The molecule has 5 amide bonds. The topological polar surface area (TPSA) is 195 Å². The van der Waals surface area contributed by atoms with Gasteiger partial charge in [0.15, 0.2) is 10.8 Å². The molecule has 1 unspecified atom stereocenters. The summed E-state index contributed by atoms with van der Waals surface area (Å²) in [4.78, 5) is 93.7. The highest BCUT2D eigenvalue weighted by molar-refractivity contribution is 7.22. The third-order valence-corrected chi connectivity index (χ3v) is 16.4. The summed E-state index contributed by atoms with van der Waals surface area (Å²) in [6.07, 6.45) is 6.79. The van der Waals surface area contributed by atoms with Crippen molar-refractivity contribution in [3.8, 4) is 16.9 Å². The van der Waals surface area contributed by atoms with Crippen molar-refractivity contribution >= 4 is 73.7 Å². The number of piperazine rings is 1. The number of fused-ring (bicyclic) bond motifs is 3. The van der Waals surface area contributed by atoms with E-state index >= 15 is 4.39 Å². The van der Waals surface area contributed by atoms with Gasteiger partial charge in [-0.25, -0.2) is 19.2 Å².